The standard InChI is InChI=1S/C27H33N3O5S2/c1-35-25-10-8-22(9-11-25)12-16-29-17-13-24(14-18-29)30(21-23-5-4-15-28-20-23)37(33,34)27-7-3-6-26(19-27)36(2,31)32/h3-11,15,19-20,24H,12-14,16-18,21H2,1-2H3. The van der Waals surface area contributed by atoms with Crippen LogP contribution in [-0.2, 0) is 32.8 Å². The summed E-state index contributed by atoms with van der Waals surface area (Å²) in [6.07, 6.45) is 6.68. The number of sulfonamides is 1. The molecule has 0 atom stereocenters. The third-order valence-corrected chi connectivity index (χ3v) is 9.75. The summed E-state index contributed by atoms with van der Waals surface area (Å²) >= 11 is 0. The first-order chi connectivity index (χ1) is 17.7. The Morgan fingerprint density at radius 2 is 1.65 bits per heavy atom. The average Bonchev–Trinajstić information content (AvgIpc) is 2.91. The lowest BCUT2D eigenvalue weighted by Crippen LogP contribution is -2.47. The number of methoxy groups -OCH3 is 1. The van der Waals surface area contributed by atoms with Gasteiger partial charge in [0.1, 0.15) is 5.75 Å². The lowest BCUT2D eigenvalue weighted by atomic mass is 10.0. The first kappa shape index (κ1) is 27.3. The van der Waals surface area contributed by atoms with Gasteiger partial charge in [0, 0.05) is 37.8 Å². The van der Waals surface area contributed by atoms with Crippen molar-refractivity contribution in [3.63, 3.8) is 0 Å². The van der Waals surface area contributed by atoms with Crippen LogP contribution >= 0.6 is 0 Å². The molecule has 37 heavy (non-hydrogen) atoms. The number of hydrogen-bond donors (Lipinski definition) is 0. The molecule has 10 heteroatoms. The summed E-state index contributed by atoms with van der Waals surface area (Å²) in [5, 5.41) is 0. The number of nitrogens with zero attached hydrogens (tertiary/aromatic N) is 3. The van der Waals surface area contributed by atoms with Gasteiger partial charge in [0.15, 0.2) is 9.84 Å². The van der Waals surface area contributed by atoms with Crippen molar-refractivity contribution in [1.82, 2.24) is 14.2 Å². The normalized spacial score (nSPS) is 15.6. The zero-order valence-corrected chi connectivity index (χ0v) is 22.8. The van der Waals surface area contributed by atoms with E-state index in [1.54, 1.807) is 25.6 Å². The van der Waals surface area contributed by atoms with Gasteiger partial charge < -0.3 is 9.64 Å². The van der Waals surface area contributed by atoms with Gasteiger partial charge in [-0.15, -0.1) is 0 Å². The van der Waals surface area contributed by atoms with Crippen molar-refractivity contribution in [2.45, 2.75) is 41.6 Å². The molecule has 0 unspecified atom stereocenters. The van der Waals surface area contributed by atoms with Gasteiger partial charge in [-0.05, 0) is 79.9 Å². The fourth-order valence-electron chi connectivity index (χ4n) is 4.59. The van der Waals surface area contributed by atoms with Crippen molar-refractivity contribution in [3.8, 4) is 5.75 Å². The van der Waals surface area contributed by atoms with E-state index in [-0.39, 0.29) is 22.4 Å². The second kappa shape index (κ2) is 11.7. The van der Waals surface area contributed by atoms with E-state index in [0.29, 0.717) is 12.8 Å². The van der Waals surface area contributed by atoms with Crippen LogP contribution in [0.1, 0.15) is 24.0 Å². The number of ether oxygens (including phenoxy) is 1. The zero-order valence-electron chi connectivity index (χ0n) is 21.2. The maximum atomic E-state index is 13.8. The van der Waals surface area contributed by atoms with Gasteiger partial charge in [0.2, 0.25) is 10.0 Å². The number of rotatable bonds is 10. The van der Waals surface area contributed by atoms with Crippen molar-refractivity contribution in [1.29, 1.82) is 0 Å². The highest BCUT2D eigenvalue weighted by Crippen LogP contribution is 2.28. The molecule has 4 rings (SSSR count). The van der Waals surface area contributed by atoms with E-state index >= 15 is 0 Å². The number of likely N-dealkylation sites (tertiary alicyclic amines) is 1. The Hall–Kier alpha value is -2.79. The quantitative estimate of drug-likeness (QED) is 0.387. The molecule has 3 aromatic rings. The predicted octanol–water partition coefficient (Wildman–Crippen LogP) is 3.39. The number of piperidine rings is 1. The number of sulfone groups is 1. The maximum absolute atomic E-state index is 13.8. The SMILES string of the molecule is COc1ccc(CCN2CCC(N(Cc3cccnc3)S(=O)(=O)c3cccc(S(C)(=O)=O)c3)CC2)cc1. The van der Waals surface area contributed by atoms with E-state index in [4.69, 9.17) is 4.74 Å². The molecule has 0 radical (unpaired) electrons. The van der Waals surface area contributed by atoms with Crippen LogP contribution in [0.2, 0.25) is 0 Å². The van der Waals surface area contributed by atoms with E-state index in [1.165, 1.54) is 34.1 Å². The molecule has 0 aliphatic carbocycles. The molecule has 0 spiro atoms. The lowest BCUT2D eigenvalue weighted by Gasteiger charge is -2.38. The molecule has 2 aromatic carbocycles. The molecule has 2 heterocycles. The highest BCUT2D eigenvalue weighted by Gasteiger charge is 2.34. The van der Waals surface area contributed by atoms with Crippen molar-refractivity contribution >= 4 is 19.9 Å². The third-order valence-electron chi connectivity index (χ3n) is 6.74. The van der Waals surface area contributed by atoms with Crippen LogP contribution in [0.4, 0.5) is 0 Å². The molecule has 1 saturated heterocycles. The third kappa shape index (κ3) is 6.95. The molecule has 1 aliphatic heterocycles. The van der Waals surface area contributed by atoms with Gasteiger partial charge in [0.05, 0.1) is 16.9 Å². The second-order valence-corrected chi connectivity index (χ2v) is 13.2. The summed E-state index contributed by atoms with van der Waals surface area (Å²) in [5.41, 5.74) is 2.02. The van der Waals surface area contributed by atoms with Crippen LogP contribution in [0, 0.1) is 0 Å². The molecule has 1 aliphatic rings. The topological polar surface area (TPSA) is 96.9 Å². The van der Waals surface area contributed by atoms with Gasteiger partial charge in [-0.25, -0.2) is 16.8 Å². The minimum atomic E-state index is -3.95. The summed E-state index contributed by atoms with van der Waals surface area (Å²) in [6, 6.07) is 17.1. The molecular weight excluding hydrogens is 510 g/mol. The molecular formula is C27H33N3O5S2. The summed E-state index contributed by atoms with van der Waals surface area (Å²) in [4.78, 5) is 6.48. The van der Waals surface area contributed by atoms with E-state index in [9.17, 15) is 16.8 Å². The molecule has 0 amide bonds. The Balaban J connectivity index is 1.50. The van der Waals surface area contributed by atoms with Gasteiger partial charge in [0.25, 0.3) is 0 Å². The average molecular weight is 544 g/mol. The molecule has 198 valence electrons. The molecule has 1 fully saturated rings. The summed E-state index contributed by atoms with van der Waals surface area (Å²) in [7, 11) is -5.84. The maximum Gasteiger partial charge on any atom is 0.243 e. The monoisotopic (exact) mass is 543 g/mol. The molecule has 1 aromatic heterocycles. The Labute approximate surface area is 219 Å². The Morgan fingerprint density at radius 3 is 2.27 bits per heavy atom. The Morgan fingerprint density at radius 1 is 0.946 bits per heavy atom. The number of aromatic nitrogens is 1. The minimum absolute atomic E-state index is 0.0109. The van der Waals surface area contributed by atoms with Crippen molar-refractivity contribution in [2.24, 2.45) is 0 Å². The number of pyridine rings is 1. The van der Waals surface area contributed by atoms with Crippen molar-refractivity contribution in [2.75, 3.05) is 33.0 Å². The van der Waals surface area contributed by atoms with Crippen molar-refractivity contribution < 1.29 is 21.6 Å². The van der Waals surface area contributed by atoms with Crippen LogP contribution < -0.4 is 4.74 Å². The summed E-state index contributed by atoms with van der Waals surface area (Å²) in [6.45, 7) is 2.63. The fraction of sp³-hybridized carbons (Fsp3) is 0.370. The second-order valence-electron chi connectivity index (χ2n) is 9.33. The first-order valence-electron chi connectivity index (χ1n) is 12.2. The molecule has 0 saturated carbocycles. The Bertz CT molecular complexity index is 1390. The first-order valence-corrected chi connectivity index (χ1v) is 15.6. The van der Waals surface area contributed by atoms with Gasteiger partial charge in [-0.1, -0.05) is 24.3 Å². The van der Waals surface area contributed by atoms with E-state index < -0.39 is 19.9 Å². The van der Waals surface area contributed by atoms with Crippen molar-refractivity contribution in [3.05, 3.63) is 84.2 Å². The minimum Gasteiger partial charge on any atom is -0.497 e. The van der Waals surface area contributed by atoms with Gasteiger partial charge in [-0.3, -0.25) is 4.98 Å². The van der Waals surface area contributed by atoms with Crippen LogP contribution in [0.25, 0.3) is 0 Å². The van der Waals surface area contributed by atoms with E-state index in [0.717, 1.165) is 43.6 Å². The smallest absolute Gasteiger partial charge is 0.243 e. The molecule has 8 nitrogen and oxygen atoms in total. The Kier molecular flexibility index (Phi) is 8.63. The highest BCUT2D eigenvalue weighted by atomic mass is 32.2. The number of hydrogen-bond acceptors (Lipinski definition) is 7. The fourth-order valence-corrected chi connectivity index (χ4v) is 7.05. The van der Waals surface area contributed by atoms with Crippen LogP contribution in [0.5, 0.6) is 5.75 Å². The van der Waals surface area contributed by atoms with Crippen LogP contribution in [-0.4, -0.2) is 70.1 Å². The molecule has 0 bridgehead atoms. The largest absolute Gasteiger partial charge is 0.497 e. The lowest BCUT2D eigenvalue weighted by molar-refractivity contribution is 0.157. The molecule has 0 N–H and O–H groups in total. The highest BCUT2D eigenvalue weighted by molar-refractivity contribution is 7.91. The van der Waals surface area contributed by atoms with Crippen LogP contribution in [0.3, 0.4) is 0 Å². The number of benzene rings is 2. The van der Waals surface area contributed by atoms with Gasteiger partial charge in [-0.2, -0.15) is 4.31 Å². The van der Waals surface area contributed by atoms with E-state index in [2.05, 4.69) is 22.0 Å². The summed E-state index contributed by atoms with van der Waals surface area (Å²) < 4.78 is 58.6. The van der Waals surface area contributed by atoms with Gasteiger partial charge >= 0.3 is 0 Å². The van der Waals surface area contributed by atoms with Crippen LogP contribution in [0.15, 0.2) is 82.8 Å². The summed E-state index contributed by atoms with van der Waals surface area (Å²) in [5.74, 6) is 0.835. The van der Waals surface area contributed by atoms with E-state index in [1.807, 2.05) is 18.2 Å². The zero-order chi connectivity index (χ0) is 26.5. The predicted molar refractivity (Wildman–Crippen MR) is 143 cm³/mol.